The highest BCUT2D eigenvalue weighted by atomic mass is 16.2. The Morgan fingerprint density at radius 1 is 0.880 bits per heavy atom. The van der Waals surface area contributed by atoms with E-state index < -0.39 is 5.91 Å². The maximum absolute atomic E-state index is 12.1. The molecule has 0 aliphatic heterocycles. The van der Waals surface area contributed by atoms with Gasteiger partial charge in [0.05, 0.1) is 0 Å². The number of carbonyl (C=O) groups is 3. The zero-order chi connectivity index (χ0) is 18.2. The molecule has 0 spiro atoms. The molecule has 0 bridgehead atoms. The molecule has 0 heterocycles. The first-order chi connectivity index (χ1) is 12.0. The molecule has 2 rings (SSSR count). The minimum absolute atomic E-state index is 0.0647. The van der Waals surface area contributed by atoms with Gasteiger partial charge in [-0.1, -0.05) is 24.6 Å². The second-order valence-corrected chi connectivity index (χ2v) is 5.65. The number of nitrogens with one attached hydrogen (secondary N) is 3. The molecule has 0 atom stereocenters. The van der Waals surface area contributed by atoms with Crippen LogP contribution in [0.3, 0.4) is 0 Å². The topological polar surface area (TPSA) is 87.3 Å². The molecule has 130 valence electrons. The van der Waals surface area contributed by atoms with E-state index in [2.05, 4.69) is 16.2 Å². The van der Waals surface area contributed by atoms with Crippen molar-refractivity contribution in [2.75, 3.05) is 5.32 Å². The molecule has 0 saturated heterocycles. The van der Waals surface area contributed by atoms with E-state index in [1.165, 1.54) is 0 Å². The first kappa shape index (κ1) is 18.2. The fourth-order valence-corrected chi connectivity index (χ4v) is 2.20. The van der Waals surface area contributed by atoms with Crippen LogP contribution in [0, 0.1) is 6.92 Å². The summed E-state index contributed by atoms with van der Waals surface area (Å²) in [5.41, 5.74) is 7.17. The van der Waals surface area contributed by atoms with Crippen LogP contribution in [0.15, 0.2) is 48.5 Å². The summed E-state index contributed by atoms with van der Waals surface area (Å²) in [5, 5.41) is 2.75. The lowest BCUT2D eigenvalue weighted by molar-refractivity contribution is -0.116. The van der Waals surface area contributed by atoms with E-state index in [0.717, 1.165) is 12.0 Å². The summed E-state index contributed by atoms with van der Waals surface area (Å²) in [6, 6.07) is 13.5. The van der Waals surface area contributed by atoms with Gasteiger partial charge < -0.3 is 5.32 Å². The van der Waals surface area contributed by atoms with Gasteiger partial charge in [-0.2, -0.15) is 0 Å². The van der Waals surface area contributed by atoms with E-state index in [4.69, 9.17) is 0 Å². The number of anilines is 1. The molecule has 2 aromatic carbocycles. The molecule has 0 saturated carbocycles. The smallest absolute Gasteiger partial charge is 0.269 e. The minimum Gasteiger partial charge on any atom is -0.326 e. The Hall–Kier alpha value is -3.15. The van der Waals surface area contributed by atoms with Gasteiger partial charge in [0.2, 0.25) is 5.91 Å². The molecule has 25 heavy (non-hydrogen) atoms. The lowest BCUT2D eigenvalue weighted by Crippen LogP contribution is -2.41. The van der Waals surface area contributed by atoms with Gasteiger partial charge in [-0.25, -0.2) is 0 Å². The van der Waals surface area contributed by atoms with Gasteiger partial charge in [-0.05, 0) is 49.7 Å². The predicted octanol–water partition coefficient (Wildman–Crippen LogP) is 2.81. The third kappa shape index (κ3) is 5.46. The summed E-state index contributed by atoms with van der Waals surface area (Å²) in [7, 11) is 0. The second-order valence-electron chi connectivity index (χ2n) is 5.65. The van der Waals surface area contributed by atoms with Crippen molar-refractivity contribution in [1.29, 1.82) is 0 Å². The number of aryl methyl sites for hydroxylation is 1. The summed E-state index contributed by atoms with van der Waals surface area (Å²) < 4.78 is 0. The number of hydrogen-bond donors (Lipinski definition) is 3. The van der Waals surface area contributed by atoms with Gasteiger partial charge in [-0.3, -0.25) is 25.2 Å². The van der Waals surface area contributed by atoms with Crippen molar-refractivity contribution in [2.24, 2.45) is 0 Å². The lowest BCUT2D eigenvalue weighted by Gasteiger charge is -2.09. The van der Waals surface area contributed by atoms with Crippen molar-refractivity contribution in [2.45, 2.75) is 26.7 Å². The SMILES string of the molecule is CCCC(=O)Nc1ccc(C(=O)NNC(=O)c2cccc(C)c2)cc1. The third-order valence-corrected chi connectivity index (χ3v) is 3.48. The highest BCUT2D eigenvalue weighted by Gasteiger charge is 2.09. The number of benzene rings is 2. The third-order valence-electron chi connectivity index (χ3n) is 3.48. The number of rotatable bonds is 5. The van der Waals surface area contributed by atoms with Crippen LogP contribution in [0.2, 0.25) is 0 Å². The molecule has 3 N–H and O–H groups in total. The van der Waals surface area contributed by atoms with Gasteiger partial charge in [0.25, 0.3) is 11.8 Å². The molecule has 0 fully saturated rings. The summed E-state index contributed by atoms with van der Waals surface area (Å²) >= 11 is 0. The van der Waals surface area contributed by atoms with Gasteiger partial charge in [0.1, 0.15) is 0 Å². The normalized spacial score (nSPS) is 10.0. The fourth-order valence-electron chi connectivity index (χ4n) is 2.20. The Kier molecular flexibility index (Phi) is 6.28. The van der Waals surface area contributed by atoms with E-state index >= 15 is 0 Å². The molecule has 0 aromatic heterocycles. The van der Waals surface area contributed by atoms with Gasteiger partial charge in [-0.15, -0.1) is 0 Å². The summed E-state index contributed by atoms with van der Waals surface area (Å²) in [4.78, 5) is 35.6. The van der Waals surface area contributed by atoms with Crippen LogP contribution in [0.4, 0.5) is 5.69 Å². The monoisotopic (exact) mass is 339 g/mol. The van der Waals surface area contributed by atoms with E-state index in [9.17, 15) is 14.4 Å². The van der Waals surface area contributed by atoms with Crippen LogP contribution in [0.1, 0.15) is 46.0 Å². The van der Waals surface area contributed by atoms with Crippen molar-refractivity contribution in [3.05, 3.63) is 65.2 Å². The van der Waals surface area contributed by atoms with Crippen LogP contribution in [-0.2, 0) is 4.79 Å². The lowest BCUT2D eigenvalue weighted by atomic mass is 10.1. The molecule has 0 unspecified atom stereocenters. The Bertz CT molecular complexity index is 770. The van der Waals surface area contributed by atoms with Gasteiger partial charge in [0.15, 0.2) is 0 Å². The molecule has 6 nitrogen and oxygen atoms in total. The Balaban J connectivity index is 1.90. The molecule has 6 heteroatoms. The molecule has 3 amide bonds. The predicted molar refractivity (Wildman–Crippen MR) is 96.1 cm³/mol. The Morgan fingerprint density at radius 3 is 2.12 bits per heavy atom. The van der Waals surface area contributed by atoms with Crippen molar-refractivity contribution in [3.63, 3.8) is 0 Å². The summed E-state index contributed by atoms with van der Waals surface area (Å²) in [6.45, 7) is 3.81. The maximum atomic E-state index is 12.1. The van der Waals surface area contributed by atoms with Crippen LogP contribution in [0.25, 0.3) is 0 Å². The molecular formula is C19H21N3O3. The number of carbonyl (C=O) groups excluding carboxylic acids is 3. The van der Waals surface area contributed by atoms with Crippen molar-refractivity contribution in [3.8, 4) is 0 Å². The quantitative estimate of drug-likeness (QED) is 0.732. The van der Waals surface area contributed by atoms with Crippen molar-refractivity contribution >= 4 is 23.4 Å². The largest absolute Gasteiger partial charge is 0.326 e. The first-order valence-corrected chi connectivity index (χ1v) is 8.07. The highest BCUT2D eigenvalue weighted by molar-refractivity contribution is 5.99. The van der Waals surface area contributed by atoms with E-state index in [1.807, 2.05) is 19.9 Å². The highest BCUT2D eigenvalue weighted by Crippen LogP contribution is 2.10. The number of amides is 3. The number of hydrazine groups is 1. The van der Waals surface area contributed by atoms with Crippen LogP contribution in [-0.4, -0.2) is 17.7 Å². The van der Waals surface area contributed by atoms with Crippen LogP contribution < -0.4 is 16.2 Å². The average Bonchev–Trinajstić information content (AvgIpc) is 2.60. The minimum atomic E-state index is -0.438. The maximum Gasteiger partial charge on any atom is 0.269 e. The molecule has 0 aliphatic rings. The second kappa shape index (κ2) is 8.63. The molecular weight excluding hydrogens is 318 g/mol. The van der Waals surface area contributed by atoms with Crippen LogP contribution in [0.5, 0.6) is 0 Å². The van der Waals surface area contributed by atoms with Crippen molar-refractivity contribution in [1.82, 2.24) is 10.9 Å². The zero-order valence-corrected chi connectivity index (χ0v) is 14.3. The average molecular weight is 339 g/mol. The van der Waals surface area contributed by atoms with E-state index in [0.29, 0.717) is 23.2 Å². The van der Waals surface area contributed by atoms with E-state index in [-0.39, 0.29) is 11.8 Å². The van der Waals surface area contributed by atoms with Crippen LogP contribution >= 0.6 is 0 Å². The first-order valence-electron chi connectivity index (χ1n) is 8.07. The van der Waals surface area contributed by atoms with E-state index in [1.54, 1.807) is 42.5 Å². The summed E-state index contributed by atoms with van der Waals surface area (Å²) in [6.07, 6.45) is 1.22. The van der Waals surface area contributed by atoms with Gasteiger partial charge in [0, 0.05) is 23.2 Å². The summed E-state index contributed by atoms with van der Waals surface area (Å²) in [5.74, 6) is -0.891. The molecule has 0 radical (unpaired) electrons. The standard InChI is InChI=1S/C19H21N3O3/c1-3-5-17(23)20-16-10-8-14(9-11-16)18(24)21-22-19(25)15-7-4-6-13(2)12-15/h4,6-12H,3,5H2,1-2H3,(H,20,23)(H,21,24)(H,22,25). The molecule has 0 aliphatic carbocycles. The Morgan fingerprint density at radius 2 is 1.52 bits per heavy atom. The molecule has 2 aromatic rings. The zero-order valence-electron chi connectivity index (χ0n) is 14.3. The number of hydrogen-bond acceptors (Lipinski definition) is 3. The Labute approximate surface area is 146 Å². The van der Waals surface area contributed by atoms with Crippen molar-refractivity contribution < 1.29 is 14.4 Å². The fraction of sp³-hybridized carbons (Fsp3) is 0.211. The van der Waals surface area contributed by atoms with Gasteiger partial charge >= 0.3 is 0 Å².